The van der Waals surface area contributed by atoms with E-state index in [2.05, 4.69) is 88.7 Å². The molecule has 2 aliphatic rings. The summed E-state index contributed by atoms with van der Waals surface area (Å²) >= 11 is 0. The van der Waals surface area contributed by atoms with Crippen LogP contribution < -0.4 is 0 Å². The summed E-state index contributed by atoms with van der Waals surface area (Å²) in [4.78, 5) is 17.0. The second-order valence-electron chi connectivity index (χ2n) is 11.3. The molecule has 1 unspecified atom stereocenters. The molecule has 2 heteroatoms. The Morgan fingerprint density at radius 3 is 2.68 bits per heavy atom. The minimum absolute atomic E-state index is 0.347. The van der Waals surface area contributed by atoms with Gasteiger partial charge in [-0.3, -0.25) is 4.79 Å². The average molecular weight is 508 g/mol. The molecule has 4 rings (SSSR count). The molecule has 38 heavy (non-hydrogen) atoms. The maximum Gasteiger partial charge on any atom is 0.159 e. The smallest absolute Gasteiger partial charge is 0.159 e. The summed E-state index contributed by atoms with van der Waals surface area (Å²) in [7, 11) is 0. The van der Waals surface area contributed by atoms with Crippen LogP contribution in [0.3, 0.4) is 0 Å². The summed E-state index contributed by atoms with van der Waals surface area (Å²) in [5.41, 5.74) is 13.7. The molecule has 1 aromatic heterocycles. The van der Waals surface area contributed by atoms with Gasteiger partial charge in [0.25, 0.3) is 0 Å². The number of fused-ring (bicyclic) bond motifs is 1. The summed E-state index contributed by atoms with van der Waals surface area (Å²) in [6.45, 7) is 15.0. The highest BCUT2D eigenvalue weighted by molar-refractivity contribution is 5.96. The molecule has 0 amide bonds. The first kappa shape index (κ1) is 27.9. The lowest BCUT2D eigenvalue weighted by molar-refractivity contribution is -0.115. The predicted molar refractivity (Wildman–Crippen MR) is 164 cm³/mol. The topological polar surface area (TPSA) is 32.9 Å². The van der Waals surface area contributed by atoms with E-state index in [1.165, 1.54) is 68.8 Å². The minimum atomic E-state index is 0.347. The summed E-state index contributed by atoms with van der Waals surface area (Å²) in [6.07, 6.45) is 17.9. The van der Waals surface area contributed by atoms with Crippen LogP contribution in [0, 0.1) is 12.8 Å². The van der Waals surface area contributed by atoms with E-state index in [1.54, 1.807) is 0 Å². The van der Waals surface area contributed by atoms with Gasteiger partial charge in [-0.2, -0.15) is 0 Å². The normalized spacial score (nSPS) is 18.3. The van der Waals surface area contributed by atoms with Gasteiger partial charge in [0.05, 0.1) is 0 Å². The number of allylic oxidation sites excluding steroid dienone is 7. The van der Waals surface area contributed by atoms with Gasteiger partial charge >= 0.3 is 0 Å². The largest absolute Gasteiger partial charge is 0.358 e. The van der Waals surface area contributed by atoms with Crippen LogP contribution in [0.25, 0.3) is 23.4 Å². The van der Waals surface area contributed by atoms with Crippen molar-refractivity contribution in [2.45, 2.75) is 92.4 Å². The van der Waals surface area contributed by atoms with Crippen LogP contribution in [0.4, 0.5) is 0 Å². The van der Waals surface area contributed by atoms with Gasteiger partial charge in [-0.1, -0.05) is 61.1 Å². The van der Waals surface area contributed by atoms with Gasteiger partial charge in [0.15, 0.2) is 5.78 Å². The fourth-order valence-electron chi connectivity index (χ4n) is 6.06. The SMILES string of the molecule is C=Cc1cccc(-c2cc3c([nH]2)CCC(C)=CC(CCCC(=O)C2=C(C)C(C)=CC(CC)CCC2)=C3)c1C. The third kappa shape index (κ3) is 6.46. The molecule has 0 saturated carbocycles. The molecule has 0 spiro atoms. The van der Waals surface area contributed by atoms with E-state index in [0.717, 1.165) is 44.1 Å². The van der Waals surface area contributed by atoms with Crippen LogP contribution in [0.1, 0.15) is 101 Å². The van der Waals surface area contributed by atoms with Crippen LogP contribution >= 0.6 is 0 Å². The quantitative estimate of drug-likeness (QED) is 0.379. The van der Waals surface area contributed by atoms with Crippen LogP contribution in [0.15, 0.2) is 70.9 Å². The Kier molecular flexibility index (Phi) is 9.26. The van der Waals surface area contributed by atoms with Crippen LogP contribution in [0.5, 0.6) is 0 Å². The minimum Gasteiger partial charge on any atom is -0.358 e. The molecule has 1 atom stereocenters. The van der Waals surface area contributed by atoms with Gasteiger partial charge in [0, 0.05) is 23.4 Å². The molecule has 2 aliphatic carbocycles. The zero-order chi connectivity index (χ0) is 27.2. The summed E-state index contributed by atoms with van der Waals surface area (Å²) < 4.78 is 0. The third-order valence-electron chi connectivity index (χ3n) is 8.62. The summed E-state index contributed by atoms with van der Waals surface area (Å²) in [6, 6.07) is 8.71. The first-order valence-electron chi connectivity index (χ1n) is 14.5. The van der Waals surface area contributed by atoms with E-state index in [0.29, 0.717) is 18.1 Å². The number of aromatic amines is 1. The summed E-state index contributed by atoms with van der Waals surface area (Å²) in [5, 5.41) is 0. The first-order valence-corrected chi connectivity index (χ1v) is 14.5. The number of hydrogen-bond acceptors (Lipinski definition) is 1. The van der Waals surface area contributed by atoms with Crippen molar-refractivity contribution in [3.05, 3.63) is 93.2 Å². The number of carbonyl (C=O) groups is 1. The molecule has 2 nitrogen and oxygen atoms in total. The lowest BCUT2D eigenvalue weighted by atomic mass is 9.85. The number of rotatable bonds is 8. The number of benzene rings is 1. The number of nitrogens with one attached hydrogen (secondary N) is 1. The molecule has 0 radical (unpaired) electrons. The standard InChI is InChI=1S/C36H45NO/c1-7-28-12-9-16-33(26(5)25(4)21-28)36(38)17-10-13-29-20-24(3)18-19-34-31(22-29)23-35(37-34)32-15-11-14-30(8-2)27(32)6/h8,11,14-15,20-23,28,37H,2,7,9-10,12-13,16-19H2,1,3-6H3. The fourth-order valence-corrected chi connectivity index (χ4v) is 6.06. The zero-order valence-electron chi connectivity index (χ0n) is 24.2. The van der Waals surface area contributed by atoms with Crippen LogP contribution in [0.2, 0.25) is 0 Å². The molecule has 0 fully saturated rings. The monoisotopic (exact) mass is 507 g/mol. The summed E-state index contributed by atoms with van der Waals surface area (Å²) in [5.74, 6) is 0.996. The molecule has 0 saturated heterocycles. The number of H-pyrrole nitrogens is 1. The van der Waals surface area contributed by atoms with Crippen molar-refractivity contribution >= 4 is 17.9 Å². The third-order valence-corrected chi connectivity index (χ3v) is 8.62. The van der Waals surface area contributed by atoms with Crippen molar-refractivity contribution in [2.75, 3.05) is 0 Å². The maximum atomic E-state index is 13.3. The van der Waals surface area contributed by atoms with E-state index >= 15 is 0 Å². The lowest BCUT2D eigenvalue weighted by Gasteiger charge is -2.19. The number of Topliss-reactive ketones (excluding diaryl/α,β-unsaturated/α-hetero) is 1. The number of aryl methyl sites for hydroxylation is 1. The van der Waals surface area contributed by atoms with Gasteiger partial charge in [-0.25, -0.2) is 0 Å². The van der Waals surface area contributed by atoms with Gasteiger partial charge in [0.2, 0.25) is 0 Å². The maximum absolute atomic E-state index is 13.3. The lowest BCUT2D eigenvalue weighted by Crippen LogP contribution is -2.10. The number of ketones is 1. The Bertz CT molecular complexity index is 1320. The Morgan fingerprint density at radius 1 is 1.11 bits per heavy atom. The molecule has 2 aromatic rings. The van der Waals surface area contributed by atoms with E-state index in [9.17, 15) is 4.79 Å². The van der Waals surface area contributed by atoms with Crippen molar-refractivity contribution in [3.8, 4) is 11.3 Å². The van der Waals surface area contributed by atoms with Crippen molar-refractivity contribution in [1.29, 1.82) is 0 Å². The van der Waals surface area contributed by atoms with Gasteiger partial charge in [-0.15, -0.1) is 0 Å². The highest BCUT2D eigenvalue weighted by Gasteiger charge is 2.18. The molecule has 1 N–H and O–H groups in total. The second-order valence-corrected chi connectivity index (χ2v) is 11.3. The van der Waals surface area contributed by atoms with Gasteiger partial charge in [-0.05, 0) is 131 Å². The van der Waals surface area contributed by atoms with E-state index in [-0.39, 0.29) is 0 Å². The molecule has 1 heterocycles. The van der Waals surface area contributed by atoms with E-state index < -0.39 is 0 Å². The predicted octanol–water partition coefficient (Wildman–Crippen LogP) is 10.1. The number of carbonyl (C=O) groups excluding carboxylic acids is 1. The van der Waals surface area contributed by atoms with E-state index in [1.807, 2.05) is 6.08 Å². The molecular weight excluding hydrogens is 462 g/mol. The Morgan fingerprint density at radius 2 is 1.92 bits per heavy atom. The molecular formula is C36H45NO. The molecule has 200 valence electrons. The Hall–Kier alpha value is -3.13. The molecule has 0 aliphatic heterocycles. The fraction of sp³-hybridized carbons (Fsp3) is 0.417. The number of hydrogen-bond donors (Lipinski definition) is 1. The van der Waals surface area contributed by atoms with Gasteiger partial charge < -0.3 is 4.98 Å². The van der Waals surface area contributed by atoms with Crippen molar-refractivity contribution < 1.29 is 4.79 Å². The Labute approximate surface area is 230 Å². The zero-order valence-corrected chi connectivity index (χ0v) is 24.2. The molecule has 0 bridgehead atoms. The second kappa shape index (κ2) is 12.6. The van der Waals surface area contributed by atoms with Crippen molar-refractivity contribution in [1.82, 2.24) is 4.98 Å². The van der Waals surface area contributed by atoms with E-state index in [4.69, 9.17) is 0 Å². The Balaban J connectivity index is 1.51. The molecule has 1 aromatic carbocycles. The van der Waals surface area contributed by atoms with Crippen LogP contribution in [-0.4, -0.2) is 10.8 Å². The number of aromatic nitrogens is 1. The van der Waals surface area contributed by atoms with Crippen molar-refractivity contribution in [2.24, 2.45) is 5.92 Å². The van der Waals surface area contributed by atoms with Crippen LogP contribution in [-0.2, 0) is 11.2 Å². The first-order chi connectivity index (χ1) is 18.3. The van der Waals surface area contributed by atoms with Crippen molar-refractivity contribution in [3.63, 3.8) is 0 Å². The van der Waals surface area contributed by atoms with Gasteiger partial charge in [0.1, 0.15) is 0 Å². The highest BCUT2D eigenvalue weighted by Crippen LogP contribution is 2.32. The average Bonchev–Trinajstić information content (AvgIpc) is 3.28. The highest BCUT2D eigenvalue weighted by atomic mass is 16.1.